The number of carbonyl (C=O) groups excluding carboxylic acids is 1. The highest BCUT2D eigenvalue weighted by Gasteiger charge is 2.39. The minimum atomic E-state index is -0.739. The Balaban J connectivity index is 1.39. The first-order chi connectivity index (χ1) is 14.2. The van der Waals surface area contributed by atoms with E-state index in [9.17, 15) is 9.90 Å². The topological polar surface area (TPSA) is 119 Å². The van der Waals surface area contributed by atoms with Crippen molar-refractivity contribution >= 4 is 5.91 Å². The number of carbonyl (C=O) groups is 1. The number of amides is 1. The molecule has 2 aromatic heterocycles. The molecule has 3 aromatic rings. The number of nitrogens with zero attached hydrogens (tertiary/aromatic N) is 3. The van der Waals surface area contributed by atoms with Crippen LogP contribution in [0.3, 0.4) is 0 Å². The molecule has 1 aliphatic rings. The molecule has 0 unspecified atom stereocenters. The van der Waals surface area contributed by atoms with Crippen LogP contribution in [0.5, 0.6) is 0 Å². The van der Waals surface area contributed by atoms with E-state index in [4.69, 9.17) is 4.74 Å². The Hall–Kier alpha value is -3.01. The number of aromatic nitrogens is 4. The van der Waals surface area contributed by atoms with Gasteiger partial charge in [-0.25, -0.2) is 9.97 Å². The van der Waals surface area contributed by atoms with Crippen LogP contribution >= 0.6 is 0 Å². The summed E-state index contributed by atoms with van der Waals surface area (Å²) in [6, 6.07) is 8.77. The number of H-pyrrole nitrogens is 2. The van der Waals surface area contributed by atoms with Gasteiger partial charge in [0.1, 0.15) is 6.10 Å². The second-order valence-corrected chi connectivity index (χ2v) is 7.06. The van der Waals surface area contributed by atoms with Crippen molar-refractivity contribution in [3.05, 3.63) is 72.3 Å². The van der Waals surface area contributed by atoms with E-state index in [1.165, 1.54) is 0 Å². The number of rotatable bonds is 8. The van der Waals surface area contributed by atoms with Gasteiger partial charge in [0.25, 0.3) is 5.91 Å². The summed E-state index contributed by atoms with van der Waals surface area (Å²) in [4.78, 5) is 28.7. The van der Waals surface area contributed by atoms with Crippen molar-refractivity contribution in [2.45, 2.75) is 31.3 Å². The van der Waals surface area contributed by atoms with Crippen LogP contribution in [0.1, 0.15) is 21.7 Å². The number of benzene rings is 1. The summed E-state index contributed by atoms with van der Waals surface area (Å²) >= 11 is 0. The molecule has 3 heterocycles. The van der Waals surface area contributed by atoms with Gasteiger partial charge in [-0.2, -0.15) is 0 Å². The number of ether oxygens (including phenoxy) is 1. The van der Waals surface area contributed by atoms with Crippen molar-refractivity contribution in [1.29, 1.82) is 0 Å². The molecule has 152 valence electrons. The number of nitrogens with one attached hydrogen (secondary N) is 3. The van der Waals surface area contributed by atoms with Crippen LogP contribution in [0.2, 0.25) is 0 Å². The first-order valence-corrected chi connectivity index (χ1v) is 9.52. The van der Waals surface area contributed by atoms with Gasteiger partial charge >= 0.3 is 0 Å². The summed E-state index contributed by atoms with van der Waals surface area (Å²) in [6.07, 6.45) is 5.58. The van der Waals surface area contributed by atoms with Gasteiger partial charge in [0.2, 0.25) is 0 Å². The average Bonchev–Trinajstić information content (AvgIpc) is 3.50. The van der Waals surface area contributed by atoms with Crippen molar-refractivity contribution in [1.82, 2.24) is 30.2 Å². The number of imidazole rings is 2. The summed E-state index contributed by atoms with van der Waals surface area (Å²) in [5, 5.41) is 13.7. The van der Waals surface area contributed by atoms with E-state index in [1.54, 1.807) is 37.2 Å². The molecule has 0 saturated carbocycles. The highest BCUT2D eigenvalue weighted by atomic mass is 16.5. The molecule has 0 bridgehead atoms. The summed E-state index contributed by atoms with van der Waals surface area (Å²) in [7, 11) is 0. The molecule has 1 fully saturated rings. The smallest absolute Gasteiger partial charge is 0.251 e. The van der Waals surface area contributed by atoms with E-state index >= 15 is 0 Å². The van der Waals surface area contributed by atoms with Crippen molar-refractivity contribution in [2.75, 3.05) is 13.2 Å². The molecule has 29 heavy (non-hydrogen) atoms. The molecular weight excluding hydrogens is 372 g/mol. The minimum absolute atomic E-state index is 0.184. The van der Waals surface area contributed by atoms with E-state index in [2.05, 4.69) is 30.2 Å². The number of aromatic amines is 2. The lowest BCUT2D eigenvalue weighted by Crippen LogP contribution is -2.46. The molecule has 0 radical (unpaired) electrons. The van der Waals surface area contributed by atoms with Gasteiger partial charge < -0.3 is 25.1 Å². The standard InChI is InChI=1S/C20H24N6O3/c27-19-17(11-29-18(19)8-23-20(28)14-4-2-1-3-5-14)26(9-15-6-21-12-24-15)10-16-7-22-13-25-16/h1-7,12-13,17-19,27H,8-11H2,(H,21,24)(H,22,25)(H,23,28)/t17-,18-,19+/m1/s1. The highest BCUT2D eigenvalue weighted by Crippen LogP contribution is 2.22. The van der Waals surface area contributed by atoms with Crippen LogP contribution in [0.15, 0.2) is 55.4 Å². The van der Waals surface area contributed by atoms with Crippen molar-refractivity contribution in [2.24, 2.45) is 0 Å². The average molecular weight is 396 g/mol. The van der Waals surface area contributed by atoms with Crippen molar-refractivity contribution in [3.63, 3.8) is 0 Å². The van der Waals surface area contributed by atoms with E-state index in [1.807, 2.05) is 18.2 Å². The number of aliphatic hydroxyl groups excluding tert-OH is 1. The summed E-state index contributed by atoms with van der Waals surface area (Å²) in [6.45, 7) is 1.77. The monoisotopic (exact) mass is 396 g/mol. The molecule has 9 nitrogen and oxygen atoms in total. The molecule has 0 aliphatic carbocycles. The molecular formula is C20H24N6O3. The molecule has 1 aromatic carbocycles. The predicted octanol–water partition coefficient (Wildman–Crippen LogP) is 0.693. The third-order valence-electron chi connectivity index (χ3n) is 5.08. The van der Waals surface area contributed by atoms with Gasteiger partial charge in [0.05, 0.1) is 31.4 Å². The van der Waals surface area contributed by atoms with Crippen LogP contribution in [0, 0.1) is 0 Å². The lowest BCUT2D eigenvalue weighted by molar-refractivity contribution is 0.0297. The Labute approximate surface area is 168 Å². The second kappa shape index (κ2) is 8.99. The number of hydrogen-bond acceptors (Lipinski definition) is 6. The largest absolute Gasteiger partial charge is 0.389 e. The SMILES string of the molecule is O=C(NC[C@H]1OC[C@@H](N(Cc2cnc[nH]2)Cc2cnc[nH]2)[C@@H]1O)c1ccccc1. The van der Waals surface area contributed by atoms with E-state index in [0.29, 0.717) is 25.3 Å². The fourth-order valence-electron chi connectivity index (χ4n) is 3.52. The van der Waals surface area contributed by atoms with Gasteiger partial charge in [0, 0.05) is 49.0 Å². The summed E-state index contributed by atoms with van der Waals surface area (Å²) in [5.41, 5.74) is 2.46. The quantitative estimate of drug-likeness (QED) is 0.445. The maximum Gasteiger partial charge on any atom is 0.251 e. The first-order valence-electron chi connectivity index (χ1n) is 9.52. The molecule has 0 spiro atoms. The molecule has 1 amide bonds. The molecule has 1 aliphatic heterocycles. The van der Waals surface area contributed by atoms with Crippen molar-refractivity contribution < 1.29 is 14.6 Å². The number of aliphatic hydroxyl groups is 1. The van der Waals surface area contributed by atoms with Gasteiger partial charge in [-0.05, 0) is 12.1 Å². The zero-order valence-corrected chi connectivity index (χ0v) is 15.9. The molecule has 4 N–H and O–H groups in total. The van der Waals surface area contributed by atoms with E-state index < -0.39 is 12.2 Å². The fourth-order valence-corrected chi connectivity index (χ4v) is 3.52. The zero-order valence-electron chi connectivity index (χ0n) is 15.9. The Bertz CT molecular complexity index is 848. The summed E-state index contributed by atoms with van der Waals surface area (Å²) in [5.74, 6) is -0.184. The van der Waals surface area contributed by atoms with E-state index in [-0.39, 0.29) is 18.5 Å². The van der Waals surface area contributed by atoms with Crippen LogP contribution in [0.25, 0.3) is 0 Å². The van der Waals surface area contributed by atoms with Crippen LogP contribution < -0.4 is 5.32 Å². The maximum atomic E-state index is 12.3. The first kappa shape index (κ1) is 19.3. The fraction of sp³-hybridized carbons (Fsp3) is 0.350. The molecule has 3 atom stereocenters. The molecule has 9 heteroatoms. The van der Waals surface area contributed by atoms with E-state index in [0.717, 1.165) is 11.4 Å². The Morgan fingerprint density at radius 1 is 1.14 bits per heavy atom. The third-order valence-corrected chi connectivity index (χ3v) is 5.08. The second-order valence-electron chi connectivity index (χ2n) is 7.06. The molecule has 1 saturated heterocycles. The highest BCUT2D eigenvalue weighted by molar-refractivity contribution is 5.94. The van der Waals surface area contributed by atoms with Crippen LogP contribution in [0.4, 0.5) is 0 Å². The number of hydrogen-bond donors (Lipinski definition) is 4. The Morgan fingerprint density at radius 3 is 2.38 bits per heavy atom. The van der Waals surface area contributed by atoms with Gasteiger partial charge in [-0.15, -0.1) is 0 Å². The van der Waals surface area contributed by atoms with Crippen LogP contribution in [-0.2, 0) is 17.8 Å². The van der Waals surface area contributed by atoms with Gasteiger partial charge in [-0.1, -0.05) is 18.2 Å². The lowest BCUT2D eigenvalue weighted by Gasteiger charge is -2.29. The zero-order chi connectivity index (χ0) is 20.1. The normalized spacial score (nSPS) is 21.5. The predicted molar refractivity (Wildman–Crippen MR) is 105 cm³/mol. The summed E-state index contributed by atoms with van der Waals surface area (Å²) < 4.78 is 5.83. The maximum absolute atomic E-state index is 12.3. The third kappa shape index (κ3) is 4.70. The van der Waals surface area contributed by atoms with Gasteiger partial charge in [-0.3, -0.25) is 9.69 Å². The Kier molecular flexibility index (Phi) is 5.99. The van der Waals surface area contributed by atoms with Crippen LogP contribution in [-0.4, -0.2) is 67.3 Å². The molecule has 4 rings (SSSR count). The van der Waals surface area contributed by atoms with Gasteiger partial charge in [0.15, 0.2) is 0 Å². The Morgan fingerprint density at radius 2 is 1.79 bits per heavy atom. The minimum Gasteiger partial charge on any atom is -0.389 e. The lowest BCUT2D eigenvalue weighted by atomic mass is 10.1. The van der Waals surface area contributed by atoms with Crippen molar-refractivity contribution in [3.8, 4) is 0 Å².